The lowest BCUT2D eigenvalue weighted by atomic mass is 10.1. The maximum atomic E-state index is 11.3. The molecule has 0 fully saturated rings. The molecule has 0 radical (unpaired) electrons. The van der Waals surface area contributed by atoms with Gasteiger partial charge in [-0.2, -0.15) is 11.8 Å². The summed E-state index contributed by atoms with van der Waals surface area (Å²) in [4.78, 5) is 11.3. The standard InChI is InChI=1S/C14H18O3S/c1-10(15)14(18-3)13(16)9-6-11-4-7-12(17-2)8-5-11/h4-9,13-14,16H,1-3H3/b9-6+. The van der Waals surface area contributed by atoms with Crippen LogP contribution < -0.4 is 4.74 Å². The fourth-order valence-corrected chi connectivity index (χ4v) is 2.27. The second kappa shape index (κ2) is 7.24. The van der Waals surface area contributed by atoms with Crippen LogP contribution >= 0.6 is 11.8 Å². The van der Waals surface area contributed by atoms with E-state index in [4.69, 9.17) is 4.74 Å². The van der Waals surface area contributed by atoms with Gasteiger partial charge in [-0.25, -0.2) is 0 Å². The zero-order chi connectivity index (χ0) is 13.5. The SMILES string of the molecule is COc1ccc(/C=C/C(O)C(SC)C(C)=O)cc1. The van der Waals surface area contributed by atoms with E-state index in [1.54, 1.807) is 19.3 Å². The fourth-order valence-electron chi connectivity index (χ4n) is 1.57. The van der Waals surface area contributed by atoms with Gasteiger partial charge in [0.2, 0.25) is 0 Å². The Kier molecular flexibility index (Phi) is 5.95. The van der Waals surface area contributed by atoms with Gasteiger partial charge in [-0.05, 0) is 30.9 Å². The molecule has 0 amide bonds. The normalized spacial score (nSPS) is 14.4. The lowest BCUT2D eigenvalue weighted by Gasteiger charge is -2.14. The number of Topliss-reactive ketones (excluding diaryl/α,β-unsaturated/α-hetero) is 1. The van der Waals surface area contributed by atoms with E-state index in [-0.39, 0.29) is 5.78 Å². The second-order valence-corrected chi connectivity index (χ2v) is 4.87. The lowest BCUT2D eigenvalue weighted by Crippen LogP contribution is -2.27. The Bertz CT molecular complexity index is 412. The van der Waals surface area contributed by atoms with Gasteiger partial charge in [-0.15, -0.1) is 0 Å². The molecule has 1 rings (SSSR count). The van der Waals surface area contributed by atoms with Crippen molar-refractivity contribution in [2.75, 3.05) is 13.4 Å². The van der Waals surface area contributed by atoms with Crippen molar-refractivity contribution in [1.29, 1.82) is 0 Å². The monoisotopic (exact) mass is 266 g/mol. The van der Waals surface area contributed by atoms with E-state index < -0.39 is 11.4 Å². The fraction of sp³-hybridized carbons (Fsp3) is 0.357. The number of hydrogen-bond donors (Lipinski definition) is 1. The van der Waals surface area contributed by atoms with Crippen LogP contribution in [0, 0.1) is 0 Å². The van der Waals surface area contributed by atoms with Gasteiger partial charge in [-0.1, -0.05) is 24.3 Å². The molecule has 1 N–H and O–H groups in total. The van der Waals surface area contributed by atoms with E-state index >= 15 is 0 Å². The van der Waals surface area contributed by atoms with Crippen LogP contribution in [0.25, 0.3) is 6.08 Å². The lowest BCUT2D eigenvalue weighted by molar-refractivity contribution is -0.117. The number of benzene rings is 1. The van der Waals surface area contributed by atoms with Gasteiger partial charge in [-0.3, -0.25) is 4.79 Å². The smallest absolute Gasteiger partial charge is 0.145 e. The van der Waals surface area contributed by atoms with Crippen LogP contribution in [0.4, 0.5) is 0 Å². The Morgan fingerprint density at radius 2 is 2.00 bits per heavy atom. The van der Waals surface area contributed by atoms with Gasteiger partial charge in [0.15, 0.2) is 0 Å². The molecule has 4 heteroatoms. The van der Waals surface area contributed by atoms with Gasteiger partial charge in [0.25, 0.3) is 0 Å². The van der Waals surface area contributed by atoms with Gasteiger partial charge >= 0.3 is 0 Å². The van der Waals surface area contributed by atoms with Crippen molar-refractivity contribution < 1.29 is 14.6 Å². The molecule has 0 aromatic heterocycles. The quantitative estimate of drug-likeness (QED) is 0.859. The molecule has 98 valence electrons. The van der Waals surface area contributed by atoms with Gasteiger partial charge in [0, 0.05) is 0 Å². The summed E-state index contributed by atoms with van der Waals surface area (Å²) >= 11 is 1.36. The maximum absolute atomic E-state index is 11.3. The van der Waals surface area contributed by atoms with Crippen LogP contribution in [-0.4, -0.2) is 35.6 Å². The van der Waals surface area contributed by atoms with E-state index in [1.165, 1.54) is 18.7 Å². The summed E-state index contributed by atoms with van der Waals surface area (Å²) in [6, 6.07) is 7.49. The van der Waals surface area contributed by atoms with E-state index in [9.17, 15) is 9.90 Å². The van der Waals surface area contributed by atoms with Crippen molar-refractivity contribution >= 4 is 23.6 Å². The zero-order valence-corrected chi connectivity index (χ0v) is 11.6. The molecule has 0 saturated heterocycles. The van der Waals surface area contributed by atoms with E-state index in [2.05, 4.69) is 0 Å². The van der Waals surface area contributed by atoms with Crippen LogP contribution in [0.3, 0.4) is 0 Å². The molecular weight excluding hydrogens is 248 g/mol. The summed E-state index contributed by atoms with van der Waals surface area (Å²) < 4.78 is 5.06. The third-order valence-corrected chi connectivity index (χ3v) is 3.69. The molecule has 2 atom stereocenters. The number of ketones is 1. The number of thioether (sulfide) groups is 1. The predicted octanol–water partition coefficient (Wildman–Crippen LogP) is 2.39. The molecule has 0 bridgehead atoms. The average Bonchev–Trinajstić information content (AvgIpc) is 2.37. The Morgan fingerprint density at radius 3 is 2.44 bits per heavy atom. The van der Waals surface area contributed by atoms with Crippen LogP contribution in [0.5, 0.6) is 5.75 Å². The molecule has 18 heavy (non-hydrogen) atoms. The summed E-state index contributed by atoms with van der Waals surface area (Å²) in [5.74, 6) is 0.771. The van der Waals surface area contributed by atoms with Crippen LogP contribution in [0.1, 0.15) is 12.5 Å². The first-order valence-electron chi connectivity index (χ1n) is 5.62. The second-order valence-electron chi connectivity index (χ2n) is 3.89. The number of carbonyl (C=O) groups excluding carboxylic acids is 1. The van der Waals surface area contributed by atoms with Crippen LogP contribution in [0.15, 0.2) is 30.3 Å². The third-order valence-electron chi connectivity index (χ3n) is 2.57. The summed E-state index contributed by atoms with van der Waals surface area (Å²) in [6.07, 6.45) is 4.50. The Labute approximate surface area is 112 Å². The molecule has 0 aliphatic carbocycles. The number of aliphatic hydroxyl groups is 1. The Morgan fingerprint density at radius 1 is 1.39 bits per heavy atom. The number of methoxy groups -OCH3 is 1. The molecule has 0 saturated carbocycles. The average molecular weight is 266 g/mol. The molecule has 1 aromatic rings. The zero-order valence-electron chi connectivity index (χ0n) is 10.8. The van der Waals surface area contributed by atoms with Crippen molar-refractivity contribution in [3.63, 3.8) is 0 Å². The summed E-state index contributed by atoms with van der Waals surface area (Å²) in [6.45, 7) is 1.49. The van der Waals surface area contributed by atoms with E-state index in [1.807, 2.05) is 30.5 Å². The minimum absolute atomic E-state index is 0.0191. The highest BCUT2D eigenvalue weighted by Crippen LogP contribution is 2.16. The van der Waals surface area contributed by atoms with Gasteiger partial charge in [0.1, 0.15) is 11.5 Å². The highest BCUT2D eigenvalue weighted by atomic mass is 32.2. The first-order valence-corrected chi connectivity index (χ1v) is 6.91. The molecule has 1 aromatic carbocycles. The van der Waals surface area contributed by atoms with Crippen molar-refractivity contribution in [3.05, 3.63) is 35.9 Å². The number of aliphatic hydroxyl groups excluding tert-OH is 1. The number of ether oxygens (including phenoxy) is 1. The van der Waals surface area contributed by atoms with Gasteiger partial charge < -0.3 is 9.84 Å². The Balaban J connectivity index is 2.70. The number of carbonyl (C=O) groups is 1. The third kappa shape index (κ3) is 4.20. The molecule has 3 nitrogen and oxygen atoms in total. The van der Waals surface area contributed by atoms with Crippen LogP contribution in [-0.2, 0) is 4.79 Å². The topological polar surface area (TPSA) is 46.5 Å². The van der Waals surface area contributed by atoms with Crippen molar-refractivity contribution in [1.82, 2.24) is 0 Å². The minimum atomic E-state index is -0.764. The molecule has 0 aliphatic heterocycles. The maximum Gasteiger partial charge on any atom is 0.145 e. The predicted molar refractivity (Wildman–Crippen MR) is 76.0 cm³/mol. The number of rotatable bonds is 6. The van der Waals surface area contributed by atoms with E-state index in [0.29, 0.717) is 0 Å². The summed E-state index contributed by atoms with van der Waals surface area (Å²) in [5.41, 5.74) is 0.957. The van der Waals surface area contributed by atoms with Crippen molar-refractivity contribution in [2.45, 2.75) is 18.3 Å². The molecule has 0 heterocycles. The first-order chi connectivity index (χ1) is 8.58. The number of hydrogen-bond acceptors (Lipinski definition) is 4. The highest BCUT2D eigenvalue weighted by Gasteiger charge is 2.19. The summed E-state index contributed by atoms with van der Waals surface area (Å²) in [5, 5.41) is 9.49. The van der Waals surface area contributed by atoms with Gasteiger partial charge in [0.05, 0.1) is 18.5 Å². The first kappa shape index (κ1) is 14.8. The van der Waals surface area contributed by atoms with Crippen LogP contribution in [0.2, 0.25) is 0 Å². The van der Waals surface area contributed by atoms with Crippen molar-refractivity contribution in [2.24, 2.45) is 0 Å². The molecule has 0 aliphatic rings. The molecule has 0 spiro atoms. The largest absolute Gasteiger partial charge is 0.497 e. The molecule has 2 unspecified atom stereocenters. The minimum Gasteiger partial charge on any atom is -0.497 e. The van der Waals surface area contributed by atoms with E-state index in [0.717, 1.165) is 11.3 Å². The highest BCUT2D eigenvalue weighted by molar-refractivity contribution is 8.00. The summed E-state index contributed by atoms with van der Waals surface area (Å²) in [7, 11) is 1.62. The Hall–Kier alpha value is -1.26. The van der Waals surface area contributed by atoms with Crippen molar-refractivity contribution in [3.8, 4) is 5.75 Å². The molecular formula is C14H18O3S.